The Balaban J connectivity index is 1.40. The van der Waals surface area contributed by atoms with E-state index in [4.69, 9.17) is 0 Å². The molecule has 2 aromatic heterocycles. The van der Waals surface area contributed by atoms with Crippen LogP contribution in [0.15, 0.2) is 35.7 Å². The van der Waals surface area contributed by atoms with Gasteiger partial charge in [0.15, 0.2) is 5.96 Å². The number of rotatable bonds is 5. The Bertz CT molecular complexity index is 808. The molecule has 0 amide bonds. The first kappa shape index (κ1) is 18.0. The molecule has 2 fully saturated rings. The molecule has 0 bridgehead atoms. The fourth-order valence-corrected chi connectivity index (χ4v) is 3.87. The van der Waals surface area contributed by atoms with Gasteiger partial charge in [0.1, 0.15) is 11.6 Å². The summed E-state index contributed by atoms with van der Waals surface area (Å²) < 4.78 is 2.01. The molecule has 2 unspecified atom stereocenters. The fraction of sp³-hybridized carbons (Fsp3) is 0.550. The predicted octanol–water partition coefficient (Wildman–Crippen LogP) is 1.72. The van der Waals surface area contributed by atoms with E-state index in [1.165, 1.54) is 19.4 Å². The molecule has 27 heavy (non-hydrogen) atoms. The minimum absolute atomic E-state index is 0.445. The lowest BCUT2D eigenvalue weighted by Crippen LogP contribution is -2.46. The number of pyridine rings is 1. The molecule has 2 N–H and O–H groups in total. The molecule has 2 aliphatic rings. The van der Waals surface area contributed by atoms with Gasteiger partial charge in [-0.05, 0) is 31.7 Å². The number of likely N-dealkylation sites (tertiary alicyclic amines) is 1. The number of hydrogen-bond donors (Lipinski definition) is 2. The summed E-state index contributed by atoms with van der Waals surface area (Å²) in [5.74, 6) is 3.32. The van der Waals surface area contributed by atoms with Crippen molar-refractivity contribution in [3.63, 3.8) is 0 Å². The number of aliphatic imine (C=N–C) groups is 1. The van der Waals surface area contributed by atoms with Crippen LogP contribution >= 0.6 is 0 Å². The van der Waals surface area contributed by atoms with Crippen LogP contribution in [0.25, 0.3) is 5.82 Å². The molecule has 4 rings (SSSR count). The lowest BCUT2D eigenvalue weighted by Gasteiger charge is -2.21. The van der Waals surface area contributed by atoms with Crippen molar-refractivity contribution in [3.8, 4) is 5.82 Å². The molecule has 1 aliphatic carbocycles. The van der Waals surface area contributed by atoms with E-state index in [1.807, 2.05) is 37.0 Å². The maximum absolute atomic E-state index is 4.55. The molecule has 0 aromatic carbocycles. The van der Waals surface area contributed by atoms with Crippen LogP contribution in [0.3, 0.4) is 0 Å². The van der Waals surface area contributed by atoms with Crippen LogP contribution in [0.2, 0.25) is 0 Å². The van der Waals surface area contributed by atoms with Gasteiger partial charge in [0.25, 0.3) is 0 Å². The second-order valence-electron chi connectivity index (χ2n) is 7.67. The Morgan fingerprint density at radius 2 is 2.11 bits per heavy atom. The van der Waals surface area contributed by atoms with Gasteiger partial charge >= 0.3 is 0 Å². The minimum Gasteiger partial charge on any atom is -0.352 e. The third kappa shape index (κ3) is 3.98. The maximum atomic E-state index is 4.55. The average molecular weight is 368 g/mol. The minimum atomic E-state index is 0.445. The Labute approximate surface area is 160 Å². The quantitative estimate of drug-likeness (QED) is 0.622. The van der Waals surface area contributed by atoms with Gasteiger partial charge in [0.05, 0.1) is 0 Å². The van der Waals surface area contributed by atoms with Crippen LogP contribution in [0, 0.1) is 12.8 Å². The zero-order valence-corrected chi connectivity index (χ0v) is 16.4. The molecular weight excluding hydrogens is 338 g/mol. The Kier molecular flexibility index (Phi) is 5.11. The molecule has 7 heteroatoms. The zero-order chi connectivity index (χ0) is 18.8. The zero-order valence-electron chi connectivity index (χ0n) is 16.4. The van der Waals surface area contributed by atoms with Crippen LogP contribution in [0.4, 0.5) is 0 Å². The summed E-state index contributed by atoms with van der Waals surface area (Å²) in [6.07, 6.45) is 8.29. The standard InChI is InChI=1S/C20H29N7/c1-14-12-26(17-6-7-17)13-18(14)25-20(21-3)24-11-16-5-4-8-23-19(16)27-10-9-22-15(27)2/h4-5,8-10,14,17-18H,6-7,11-13H2,1-3H3,(H2,21,24,25). The Morgan fingerprint density at radius 3 is 2.81 bits per heavy atom. The fourth-order valence-electron chi connectivity index (χ4n) is 3.87. The highest BCUT2D eigenvalue weighted by atomic mass is 15.3. The first-order chi connectivity index (χ1) is 13.2. The van der Waals surface area contributed by atoms with Crippen molar-refractivity contribution in [2.45, 2.75) is 45.3 Å². The molecule has 2 aromatic rings. The molecule has 1 aliphatic heterocycles. The predicted molar refractivity (Wildman–Crippen MR) is 107 cm³/mol. The molecule has 7 nitrogen and oxygen atoms in total. The second-order valence-corrected chi connectivity index (χ2v) is 7.67. The van der Waals surface area contributed by atoms with Crippen molar-refractivity contribution in [2.24, 2.45) is 10.9 Å². The summed E-state index contributed by atoms with van der Waals surface area (Å²) in [6, 6.07) is 5.33. The lowest BCUT2D eigenvalue weighted by atomic mass is 10.1. The maximum Gasteiger partial charge on any atom is 0.191 e. The van der Waals surface area contributed by atoms with Crippen LogP contribution in [0.1, 0.15) is 31.2 Å². The number of nitrogens with one attached hydrogen (secondary N) is 2. The van der Waals surface area contributed by atoms with Crippen LogP contribution in [0.5, 0.6) is 0 Å². The molecule has 0 radical (unpaired) electrons. The smallest absolute Gasteiger partial charge is 0.191 e. The highest BCUT2D eigenvalue weighted by molar-refractivity contribution is 5.80. The van der Waals surface area contributed by atoms with E-state index >= 15 is 0 Å². The number of hydrogen-bond acceptors (Lipinski definition) is 4. The number of aromatic nitrogens is 3. The van der Waals surface area contributed by atoms with E-state index in [1.54, 1.807) is 6.20 Å². The van der Waals surface area contributed by atoms with E-state index in [0.717, 1.165) is 35.8 Å². The van der Waals surface area contributed by atoms with Gasteiger partial charge in [-0.3, -0.25) is 14.5 Å². The molecule has 1 saturated heterocycles. The third-order valence-electron chi connectivity index (χ3n) is 5.62. The van der Waals surface area contributed by atoms with Gasteiger partial charge in [0, 0.05) is 62.9 Å². The van der Waals surface area contributed by atoms with Gasteiger partial charge in [-0.15, -0.1) is 0 Å². The molecule has 3 heterocycles. The van der Waals surface area contributed by atoms with Crippen molar-refractivity contribution < 1.29 is 0 Å². The molecule has 144 valence electrons. The van der Waals surface area contributed by atoms with Crippen molar-refractivity contribution in [2.75, 3.05) is 20.1 Å². The highest BCUT2D eigenvalue weighted by Crippen LogP contribution is 2.31. The van der Waals surface area contributed by atoms with Gasteiger partial charge in [-0.1, -0.05) is 13.0 Å². The lowest BCUT2D eigenvalue weighted by molar-refractivity contribution is 0.315. The van der Waals surface area contributed by atoms with E-state index in [9.17, 15) is 0 Å². The second kappa shape index (κ2) is 7.68. The van der Waals surface area contributed by atoms with Crippen LogP contribution < -0.4 is 10.6 Å². The number of guanidine groups is 1. The Morgan fingerprint density at radius 1 is 1.26 bits per heavy atom. The first-order valence-electron chi connectivity index (χ1n) is 9.81. The van der Waals surface area contributed by atoms with Gasteiger partial charge < -0.3 is 10.6 Å². The molecule has 2 atom stereocenters. The number of aryl methyl sites for hydroxylation is 1. The van der Waals surface area contributed by atoms with Crippen LogP contribution in [-0.2, 0) is 6.54 Å². The summed E-state index contributed by atoms with van der Waals surface area (Å²) in [5.41, 5.74) is 1.11. The Hall–Kier alpha value is -2.41. The molecule has 0 spiro atoms. The van der Waals surface area contributed by atoms with Crippen LogP contribution in [-0.4, -0.2) is 57.6 Å². The van der Waals surface area contributed by atoms with Crippen molar-refractivity contribution in [3.05, 3.63) is 42.1 Å². The van der Waals surface area contributed by atoms with E-state index < -0.39 is 0 Å². The van der Waals surface area contributed by atoms with Crippen molar-refractivity contribution >= 4 is 5.96 Å². The monoisotopic (exact) mass is 367 g/mol. The highest BCUT2D eigenvalue weighted by Gasteiger charge is 2.38. The van der Waals surface area contributed by atoms with Crippen molar-refractivity contribution in [1.29, 1.82) is 0 Å². The largest absolute Gasteiger partial charge is 0.352 e. The normalized spacial score (nSPS) is 23.6. The van der Waals surface area contributed by atoms with E-state index in [0.29, 0.717) is 18.5 Å². The summed E-state index contributed by atoms with van der Waals surface area (Å²) in [5, 5.41) is 7.08. The van der Waals surface area contributed by atoms with E-state index in [2.05, 4.69) is 43.5 Å². The molecule has 1 saturated carbocycles. The SMILES string of the molecule is CN=C(NCc1cccnc1-n1ccnc1C)NC1CN(C2CC2)CC1C. The summed E-state index contributed by atoms with van der Waals surface area (Å²) >= 11 is 0. The number of nitrogens with zero attached hydrogens (tertiary/aromatic N) is 5. The van der Waals surface area contributed by atoms with Crippen molar-refractivity contribution in [1.82, 2.24) is 30.1 Å². The molecular formula is C20H29N7. The summed E-state index contributed by atoms with van der Waals surface area (Å²) in [4.78, 5) is 15.9. The first-order valence-corrected chi connectivity index (χ1v) is 9.81. The average Bonchev–Trinajstić information content (AvgIpc) is 3.35. The third-order valence-corrected chi connectivity index (χ3v) is 5.62. The summed E-state index contributed by atoms with van der Waals surface area (Å²) in [7, 11) is 1.83. The van der Waals surface area contributed by atoms with Gasteiger partial charge in [-0.25, -0.2) is 9.97 Å². The van der Waals surface area contributed by atoms with Gasteiger partial charge in [0.2, 0.25) is 0 Å². The van der Waals surface area contributed by atoms with Gasteiger partial charge in [-0.2, -0.15) is 0 Å². The van der Waals surface area contributed by atoms with E-state index in [-0.39, 0.29) is 0 Å². The summed E-state index contributed by atoms with van der Waals surface area (Å²) in [6.45, 7) is 7.27. The number of imidazole rings is 1. The topological polar surface area (TPSA) is 70.4 Å².